The summed E-state index contributed by atoms with van der Waals surface area (Å²) in [6.07, 6.45) is 0. The molecule has 2 aromatic rings. The third kappa shape index (κ3) is 3.36. The second kappa shape index (κ2) is 6.72. The number of benzene rings is 2. The first-order valence-electron chi connectivity index (χ1n) is 6.12. The number of rotatable bonds is 3. The Kier molecular flexibility index (Phi) is 4.73. The van der Waals surface area contributed by atoms with Gasteiger partial charge in [0.25, 0.3) is 0 Å². The van der Waals surface area contributed by atoms with E-state index in [0.717, 1.165) is 16.7 Å². The van der Waals surface area contributed by atoms with E-state index in [2.05, 4.69) is 10.9 Å². The summed E-state index contributed by atoms with van der Waals surface area (Å²) in [5, 5.41) is 9.36. The van der Waals surface area contributed by atoms with Crippen LogP contribution < -0.4 is 4.85 Å². The smallest absolute Gasteiger partial charge is 0.192 e. The van der Waals surface area contributed by atoms with Gasteiger partial charge >= 0.3 is 5.04 Å². The number of nitrogens with zero attached hydrogens (tertiary/aromatic N) is 2. The van der Waals surface area contributed by atoms with Gasteiger partial charge in [0.2, 0.25) is 4.85 Å². The molecule has 2 aromatic carbocycles. The van der Waals surface area contributed by atoms with Gasteiger partial charge in [-0.15, -0.1) is 0 Å². The van der Waals surface area contributed by atoms with Gasteiger partial charge < -0.3 is 0 Å². The zero-order valence-electron chi connectivity index (χ0n) is 11.0. The molecule has 0 aliphatic carbocycles. The number of hydrogen-bond donors (Lipinski definition) is 0. The molecule has 0 unspecified atom stereocenters. The van der Waals surface area contributed by atoms with E-state index in [1.807, 2.05) is 43.3 Å². The molecule has 0 N–H and O–H groups in total. The van der Waals surface area contributed by atoms with E-state index < -0.39 is 0 Å². The largest absolute Gasteiger partial charge is 0.437 e. The Morgan fingerprint density at radius 3 is 2.60 bits per heavy atom. The molecular formula is C16H13N2OS+. The maximum atomic E-state index is 11.0. The van der Waals surface area contributed by atoms with Crippen LogP contribution in [0.25, 0.3) is 0 Å². The van der Waals surface area contributed by atoms with Crippen LogP contribution in [0.15, 0.2) is 48.5 Å². The molecule has 0 saturated carbocycles. The number of aryl methyl sites for hydroxylation is 1. The van der Waals surface area contributed by atoms with Crippen LogP contribution >= 0.6 is 11.8 Å². The Labute approximate surface area is 122 Å². The summed E-state index contributed by atoms with van der Waals surface area (Å²) in [6.45, 7) is 1.85. The van der Waals surface area contributed by atoms with Crippen LogP contribution in [0.1, 0.15) is 22.3 Å². The van der Waals surface area contributed by atoms with Gasteiger partial charge in [-0.3, -0.25) is 0 Å². The van der Waals surface area contributed by atoms with Gasteiger partial charge in [0.05, 0.1) is 17.2 Å². The van der Waals surface area contributed by atoms with Gasteiger partial charge in [0, 0.05) is 5.75 Å². The molecule has 0 aliphatic rings. The van der Waals surface area contributed by atoms with Crippen LogP contribution in [-0.2, 0) is 5.75 Å². The summed E-state index contributed by atoms with van der Waals surface area (Å²) < 4.78 is 0. The minimum Gasteiger partial charge on any atom is -0.192 e. The van der Waals surface area contributed by atoms with Gasteiger partial charge in [-0.25, -0.2) is 0 Å². The molecule has 0 aromatic heterocycles. The van der Waals surface area contributed by atoms with Crippen molar-refractivity contribution in [3.05, 3.63) is 75.7 Å². The van der Waals surface area contributed by atoms with Crippen molar-refractivity contribution in [3.63, 3.8) is 0 Å². The summed E-state index contributed by atoms with van der Waals surface area (Å²) in [7, 11) is 0. The number of hydrogen-bond acceptors (Lipinski definition) is 3. The highest BCUT2D eigenvalue weighted by molar-refractivity contribution is 8.13. The van der Waals surface area contributed by atoms with Crippen molar-refractivity contribution in [2.24, 2.45) is 0 Å². The van der Waals surface area contributed by atoms with E-state index in [1.165, 1.54) is 11.8 Å². The zero-order chi connectivity index (χ0) is 14.4. The lowest BCUT2D eigenvalue weighted by atomic mass is 10.1. The Morgan fingerprint density at radius 2 is 2.00 bits per heavy atom. The van der Waals surface area contributed by atoms with Gasteiger partial charge in [0.15, 0.2) is 4.91 Å². The van der Waals surface area contributed by atoms with Crippen molar-refractivity contribution < 1.29 is 0 Å². The quantitative estimate of drug-likeness (QED) is 0.492. The van der Waals surface area contributed by atoms with Crippen molar-refractivity contribution >= 4 is 16.8 Å². The molecule has 0 saturated heterocycles. The maximum Gasteiger partial charge on any atom is 0.437 e. The summed E-state index contributed by atoms with van der Waals surface area (Å²) in [6, 6.07) is 17.3. The lowest BCUT2D eigenvalue weighted by molar-refractivity contribution is 1.38. The Hall–Kier alpha value is -2.34. The second-order valence-electron chi connectivity index (χ2n) is 4.31. The fourth-order valence-electron chi connectivity index (χ4n) is 1.81. The van der Waals surface area contributed by atoms with Crippen LogP contribution in [0.5, 0.6) is 0 Å². The standard InChI is InChI=1S/C16H13N2OS/c1-12-9-14(7-8-15(12)10-17)16(18-19)20-11-13-5-3-2-4-6-13/h2-9H,11H2,1H3/q+1. The fourth-order valence-corrected chi connectivity index (χ4v) is 2.65. The number of nitriles is 1. The van der Waals surface area contributed by atoms with Crippen LogP contribution in [0.4, 0.5) is 0 Å². The van der Waals surface area contributed by atoms with Crippen LogP contribution in [0, 0.1) is 23.2 Å². The summed E-state index contributed by atoms with van der Waals surface area (Å²) in [5.41, 5.74) is 3.37. The third-order valence-corrected chi connectivity index (χ3v) is 3.96. The van der Waals surface area contributed by atoms with E-state index in [1.54, 1.807) is 12.1 Å². The van der Waals surface area contributed by atoms with Crippen molar-refractivity contribution in [1.82, 2.24) is 4.85 Å². The maximum absolute atomic E-state index is 11.0. The van der Waals surface area contributed by atoms with Crippen molar-refractivity contribution in [2.75, 3.05) is 0 Å². The molecule has 3 nitrogen and oxygen atoms in total. The first-order chi connectivity index (χ1) is 9.74. The van der Waals surface area contributed by atoms with Gasteiger partial charge in [0.1, 0.15) is 0 Å². The molecule has 0 fully saturated rings. The normalized spacial score (nSPS) is 9.60. The van der Waals surface area contributed by atoms with Gasteiger partial charge in [-0.2, -0.15) is 5.26 Å². The molecule has 4 heteroatoms. The van der Waals surface area contributed by atoms with Gasteiger partial charge in [-0.1, -0.05) is 30.3 Å². The van der Waals surface area contributed by atoms with E-state index in [9.17, 15) is 4.91 Å². The molecule has 0 radical (unpaired) electrons. The van der Waals surface area contributed by atoms with Crippen molar-refractivity contribution in [2.45, 2.75) is 12.7 Å². The molecule has 0 atom stereocenters. The minimum absolute atomic E-state index is 0.446. The van der Waals surface area contributed by atoms with E-state index in [0.29, 0.717) is 16.4 Å². The molecule has 0 spiro atoms. The Balaban J connectivity index is 2.16. The van der Waals surface area contributed by atoms with E-state index >= 15 is 0 Å². The molecule has 0 heterocycles. The van der Waals surface area contributed by atoms with Gasteiger partial charge in [-0.05, 0) is 48.0 Å². The van der Waals surface area contributed by atoms with Crippen LogP contribution in [0.3, 0.4) is 0 Å². The second-order valence-corrected chi connectivity index (χ2v) is 5.28. The molecule has 20 heavy (non-hydrogen) atoms. The Bertz CT molecular complexity index is 698. The highest BCUT2D eigenvalue weighted by Gasteiger charge is 2.18. The van der Waals surface area contributed by atoms with Crippen LogP contribution in [0.2, 0.25) is 0 Å². The van der Waals surface area contributed by atoms with E-state index in [-0.39, 0.29) is 0 Å². The highest BCUT2D eigenvalue weighted by atomic mass is 32.2. The predicted molar refractivity (Wildman–Crippen MR) is 83.2 cm³/mol. The van der Waals surface area contributed by atoms with Crippen LogP contribution in [-0.4, -0.2) is 5.04 Å². The Morgan fingerprint density at radius 1 is 1.25 bits per heavy atom. The highest BCUT2D eigenvalue weighted by Crippen LogP contribution is 2.19. The monoisotopic (exact) mass is 281 g/mol. The molecule has 0 aliphatic heterocycles. The first-order valence-corrected chi connectivity index (χ1v) is 7.11. The van der Waals surface area contributed by atoms with E-state index in [4.69, 9.17) is 5.26 Å². The molecule has 98 valence electrons. The lowest BCUT2D eigenvalue weighted by Gasteiger charge is -1.99. The average Bonchev–Trinajstić information content (AvgIpc) is 2.49. The van der Waals surface area contributed by atoms with Crippen molar-refractivity contribution in [3.8, 4) is 6.07 Å². The summed E-state index contributed by atoms with van der Waals surface area (Å²) >= 11 is 1.40. The molecule has 0 amide bonds. The predicted octanol–water partition coefficient (Wildman–Crippen LogP) is 3.38. The summed E-state index contributed by atoms with van der Waals surface area (Å²) in [4.78, 5) is 14.1. The average molecular weight is 281 g/mol. The molecule has 2 rings (SSSR count). The summed E-state index contributed by atoms with van der Waals surface area (Å²) in [5.74, 6) is 0.695. The lowest BCUT2D eigenvalue weighted by Crippen LogP contribution is -2.00. The van der Waals surface area contributed by atoms with Crippen molar-refractivity contribution in [1.29, 1.82) is 5.26 Å². The first kappa shape index (κ1) is 14.1. The minimum atomic E-state index is 0.446. The third-order valence-electron chi connectivity index (χ3n) is 2.90. The number of nitroso groups, excluding NO2 is 1. The topological polar surface area (TPSA) is 55.0 Å². The number of thioether (sulfide) groups is 1. The zero-order valence-corrected chi connectivity index (χ0v) is 11.9. The SMILES string of the molecule is Cc1cc(C(=[N+]=O)SCc2ccccc2)ccc1C#N. The molecule has 0 bridgehead atoms. The fraction of sp³-hybridized carbons (Fsp3) is 0.125. The molecular weight excluding hydrogens is 268 g/mol.